The van der Waals surface area contributed by atoms with Gasteiger partial charge in [0, 0.05) is 31.7 Å². The predicted octanol–water partition coefficient (Wildman–Crippen LogP) is 2.29. The zero-order valence-corrected chi connectivity index (χ0v) is 14.4. The third-order valence-electron chi connectivity index (χ3n) is 4.37. The average Bonchev–Trinajstić information content (AvgIpc) is 2.87. The van der Waals surface area contributed by atoms with Crippen molar-refractivity contribution in [2.45, 2.75) is 32.4 Å². The maximum Gasteiger partial charge on any atom is 0.261 e. The minimum atomic E-state index is 0.0573. The quantitative estimate of drug-likeness (QED) is 0.903. The topological polar surface area (TPSA) is 57.3 Å². The molecule has 2 unspecified atom stereocenters. The molecule has 1 amide bonds. The molecular formula is C15H20N4OS2. The van der Waals surface area contributed by atoms with Crippen LogP contribution in [0.25, 0.3) is 9.53 Å². The van der Waals surface area contributed by atoms with Gasteiger partial charge in [0.25, 0.3) is 5.91 Å². The van der Waals surface area contributed by atoms with E-state index in [1.165, 1.54) is 11.3 Å². The standard InChI is InChI=1S/C15H20N4OS2/c1-8-5-10(8)17-13(20)11-6-12-14(21-11)18-15(22-12)19-4-3-16-9(2)7-19/h6,8-10,16H,3-5,7H2,1-2H3,(H,17,20)/t8?,9-,10?/m1/s1. The number of piperazine rings is 1. The lowest BCUT2D eigenvalue weighted by molar-refractivity contribution is 0.0953. The monoisotopic (exact) mass is 336 g/mol. The van der Waals surface area contributed by atoms with Crippen molar-refractivity contribution in [3.8, 4) is 0 Å². The summed E-state index contributed by atoms with van der Waals surface area (Å²) in [6, 6.07) is 2.87. The first kappa shape index (κ1) is 14.4. The second-order valence-corrected chi connectivity index (χ2v) is 8.41. The molecule has 0 bridgehead atoms. The van der Waals surface area contributed by atoms with E-state index in [0.717, 1.165) is 45.6 Å². The Morgan fingerprint density at radius 2 is 2.27 bits per heavy atom. The van der Waals surface area contributed by atoms with E-state index in [4.69, 9.17) is 4.98 Å². The van der Waals surface area contributed by atoms with Gasteiger partial charge < -0.3 is 15.5 Å². The van der Waals surface area contributed by atoms with E-state index in [2.05, 4.69) is 29.4 Å². The van der Waals surface area contributed by atoms with Gasteiger partial charge in [0.2, 0.25) is 0 Å². The van der Waals surface area contributed by atoms with Crippen molar-refractivity contribution in [3.63, 3.8) is 0 Å². The van der Waals surface area contributed by atoms with Crippen molar-refractivity contribution < 1.29 is 4.79 Å². The highest BCUT2D eigenvalue weighted by molar-refractivity contribution is 7.29. The molecule has 1 saturated heterocycles. The number of hydrogen-bond donors (Lipinski definition) is 2. The summed E-state index contributed by atoms with van der Waals surface area (Å²) in [6.07, 6.45) is 1.11. The molecule has 0 radical (unpaired) electrons. The summed E-state index contributed by atoms with van der Waals surface area (Å²) in [6.45, 7) is 7.36. The van der Waals surface area contributed by atoms with Gasteiger partial charge >= 0.3 is 0 Å². The lowest BCUT2D eigenvalue weighted by Gasteiger charge is -2.31. The summed E-state index contributed by atoms with van der Waals surface area (Å²) in [7, 11) is 0. The number of carbonyl (C=O) groups excluding carboxylic acids is 1. The lowest BCUT2D eigenvalue weighted by atomic mass is 10.2. The summed E-state index contributed by atoms with van der Waals surface area (Å²) in [4.78, 5) is 21.0. The van der Waals surface area contributed by atoms with E-state index in [0.29, 0.717) is 18.0 Å². The number of fused-ring (bicyclic) bond motifs is 1. The molecule has 3 heterocycles. The van der Waals surface area contributed by atoms with Crippen LogP contribution in [-0.4, -0.2) is 42.6 Å². The highest BCUT2D eigenvalue weighted by Gasteiger charge is 2.34. The Hall–Kier alpha value is -1.18. The van der Waals surface area contributed by atoms with Crippen LogP contribution in [0.5, 0.6) is 0 Å². The van der Waals surface area contributed by atoms with Gasteiger partial charge in [-0.3, -0.25) is 4.79 Å². The fraction of sp³-hybridized carbons (Fsp3) is 0.600. The molecule has 5 nitrogen and oxygen atoms in total. The van der Waals surface area contributed by atoms with E-state index >= 15 is 0 Å². The predicted molar refractivity (Wildman–Crippen MR) is 92.2 cm³/mol. The minimum absolute atomic E-state index is 0.0573. The number of thiazole rings is 1. The molecule has 4 rings (SSSR count). The van der Waals surface area contributed by atoms with E-state index in [9.17, 15) is 4.79 Å². The molecule has 1 aliphatic heterocycles. The number of thiophene rings is 1. The zero-order valence-electron chi connectivity index (χ0n) is 12.8. The van der Waals surface area contributed by atoms with Crippen molar-refractivity contribution in [1.82, 2.24) is 15.6 Å². The number of hydrogen-bond acceptors (Lipinski definition) is 6. The smallest absolute Gasteiger partial charge is 0.261 e. The fourth-order valence-electron chi connectivity index (χ4n) is 2.84. The van der Waals surface area contributed by atoms with Crippen LogP contribution in [0, 0.1) is 5.92 Å². The van der Waals surface area contributed by atoms with Gasteiger partial charge in [0.05, 0.1) is 9.58 Å². The molecule has 3 atom stereocenters. The molecule has 22 heavy (non-hydrogen) atoms. The van der Waals surface area contributed by atoms with Gasteiger partial charge in [0.15, 0.2) is 5.13 Å². The van der Waals surface area contributed by atoms with Gasteiger partial charge in [0.1, 0.15) is 4.83 Å². The third kappa shape index (κ3) is 2.73. The summed E-state index contributed by atoms with van der Waals surface area (Å²) in [5.41, 5.74) is 0. The second-order valence-electron chi connectivity index (χ2n) is 6.37. The van der Waals surface area contributed by atoms with Crippen molar-refractivity contribution in [2.75, 3.05) is 24.5 Å². The van der Waals surface area contributed by atoms with Crippen LogP contribution in [0.3, 0.4) is 0 Å². The number of anilines is 1. The summed E-state index contributed by atoms with van der Waals surface area (Å²) >= 11 is 3.20. The minimum Gasteiger partial charge on any atom is -0.348 e. The Morgan fingerprint density at radius 1 is 1.45 bits per heavy atom. The van der Waals surface area contributed by atoms with Crippen LogP contribution < -0.4 is 15.5 Å². The molecule has 7 heteroatoms. The molecule has 2 N–H and O–H groups in total. The van der Waals surface area contributed by atoms with Gasteiger partial charge in [-0.05, 0) is 25.3 Å². The molecule has 1 aliphatic carbocycles. The van der Waals surface area contributed by atoms with Crippen LogP contribution in [0.15, 0.2) is 6.07 Å². The van der Waals surface area contributed by atoms with Crippen molar-refractivity contribution in [2.24, 2.45) is 5.92 Å². The van der Waals surface area contributed by atoms with Crippen molar-refractivity contribution in [3.05, 3.63) is 10.9 Å². The average molecular weight is 336 g/mol. The van der Waals surface area contributed by atoms with Crippen LogP contribution in [0.1, 0.15) is 29.9 Å². The van der Waals surface area contributed by atoms with Gasteiger partial charge in [-0.25, -0.2) is 4.98 Å². The highest BCUT2D eigenvalue weighted by Crippen LogP contribution is 2.36. The maximum absolute atomic E-state index is 12.2. The molecule has 0 spiro atoms. The molecule has 118 valence electrons. The van der Waals surface area contributed by atoms with Gasteiger partial charge in [-0.1, -0.05) is 18.3 Å². The Bertz CT molecular complexity index is 678. The molecule has 2 aromatic heterocycles. The first-order valence-corrected chi connectivity index (χ1v) is 9.43. The van der Waals surface area contributed by atoms with E-state index in [1.807, 2.05) is 6.07 Å². The first-order chi connectivity index (χ1) is 10.6. The van der Waals surface area contributed by atoms with E-state index in [1.54, 1.807) is 11.3 Å². The number of nitrogens with zero attached hydrogens (tertiary/aromatic N) is 2. The van der Waals surface area contributed by atoms with Gasteiger partial charge in [-0.2, -0.15) is 0 Å². The normalized spacial score (nSPS) is 28.1. The number of carbonyl (C=O) groups is 1. The molecular weight excluding hydrogens is 316 g/mol. The summed E-state index contributed by atoms with van der Waals surface area (Å²) < 4.78 is 1.13. The Kier molecular flexibility index (Phi) is 3.58. The number of aromatic nitrogens is 1. The number of rotatable bonds is 3. The summed E-state index contributed by atoms with van der Waals surface area (Å²) in [5, 5.41) is 7.61. The van der Waals surface area contributed by atoms with Crippen LogP contribution in [-0.2, 0) is 0 Å². The lowest BCUT2D eigenvalue weighted by Crippen LogP contribution is -2.49. The van der Waals surface area contributed by atoms with Crippen LogP contribution >= 0.6 is 22.7 Å². The molecule has 0 aromatic carbocycles. The molecule has 1 saturated carbocycles. The fourth-order valence-corrected chi connectivity index (χ4v) is 4.99. The van der Waals surface area contributed by atoms with Crippen LogP contribution in [0.2, 0.25) is 0 Å². The Morgan fingerprint density at radius 3 is 2.95 bits per heavy atom. The van der Waals surface area contributed by atoms with E-state index in [-0.39, 0.29) is 5.91 Å². The van der Waals surface area contributed by atoms with Crippen molar-refractivity contribution >= 4 is 43.2 Å². The van der Waals surface area contributed by atoms with Crippen LogP contribution in [0.4, 0.5) is 5.13 Å². The Labute approximate surface area is 137 Å². The van der Waals surface area contributed by atoms with Crippen molar-refractivity contribution in [1.29, 1.82) is 0 Å². The highest BCUT2D eigenvalue weighted by atomic mass is 32.1. The number of amides is 1. The number of nitrogens with one attached hydrogen (secondary N) is 2. The third-order valence-corrected chi connectivity index (χ3v) is 6.59. The molecule has 2 aromatic rings. The SMILES string of the molecule is CC1CC1NC(=O)c1cc2sc(N3CCN[C@H](C)C3)nc2s1. The van der Waals surface area contributed by atoms with E-state index < -0.39 is 0 Å². The van der Waals surface area contributed by atoms with Gasteiger partial charge in [-0.15, -0.1) is 11.3 Å². The maximum atomic E-state index is 12.2. The summed E-state index contributed by atoms with van der Waals surface area (Å²) in [5.74, 6) is 0.686. The largest absolute Gasteiger partial charge is 0.348 e. The molecule has 2 fully saturated rings. The first-order valence-electron chi connectivity index (χ1n) is 7.79. The second kappa shape index (κ2) is 5.47. The molecule has 2 aliphatic rings. The zero-order chi connectivity index (χ0) is 15.3. The Balaban J connectivity index is 1.50.